The first-order valence-corrected chi connectivity index (χ1v) is 6.68. The number of ether oxygens (including phenoxy) is 1. The molecular formula is C16H13F4NO2. The third kappa shape index (κ3) is 5.61. The predicted molar refractivity (Wildman–Crippen MR) is 75.1 cm³/mol. The zero-order valence-corrected chi connectivity index (χ0v) is 11.9. The van der Waals surface area contributed by atoms with E-state index in [2.05, 4.69) is 10.1 Å². The highest BCUT2D eigenvalue weighted by Crippen LogP contribution is 2.26. The van der Waals surface area contributed by atoms with Crippen LogP contribution in [0.15, 0.2) is 48.5 Å². The maximum atomic E-state index is 13.0. The minimum Gasteiger partial charge on any atom is -0.405 e. The maximum Gasteiger partial charge on any atom is 0.573 e. The maximum absolute atomic E-state index is 13.0. The van der Waals surface area contributed by atoms with Crippen molar-refractivity contribution >= 4 is 5.91 Å². The van der Waals surface area contributed by atoms with Gasteiger partial charge in [-0.15, -0.1) is 13.2 Å². The van der Waals surface area contributed by atoms with E-state index in [0.717, 1.165) is 0 Å². The largest absolute Gasteiger partial charge is 0.573 e. The molecule has 0 atom stereocenters. The molecule has 0 bridgehead atoms. The molecule has 2 rings (SSSR count). The normalized spacial score (nSPS) is 11.1. The van der Waals surface area contributed by atoms with Gasteiger partial charge >= 0.3 is 6.36 Å². The third-order valence-electron chi connectivity index (χ3n) is 2.93. The van der Waals surface area contributed by atoms with E-state index in [1.54, 1.807) is 6.07 Å². The van der Waals surface area contributed by atoms with Crippen LogP contribution in [0.2, 0.25) is 0 Å². The first-order chi connectivity index (χ1) is 10.8. The number of carbonyl (C=O) groups is 1. The molecule has 3 nitrogen and oxygen atoms in total. The minimum absolute atomic E-state index is 0.0694. The zero-order chi connectivity index (χ0) is 16.9. The summed E-state index contributed by atoms with van der Waals surface area (Å²) in [6.07, 6.45) is -4.87. The number of hydrogen-bond donors (Lipinski definition) is 1. The number of carbonyl (C=O) groups excluding carboxylic acids is 1. The molecule has 0 aromatic heterocycles. The summed E-state index contributed by atoms with van der Waals surface area (Å²) >= 11 is 0. The summed E-state index contributed by atoms with van der Waals surface area (Å²) in [5.74, 6) is -1.26. The molecule has 0 radical (unpaired) electrons. The summed E-state index contributed by atoms with van der Waals surface area (Å²) in [4.78, 5) is 11.8. The molecule has 1 N–H and O–H groups in total. The highest BCUT2D eigenvalue weighted by Gasteiger charge is 2.31. The molecule has 0 spiro atoms. The molecule has 0 aliphatic carbocycles. The van der Waals surface area contributed by atoms with Crippen molar-refractivity contribution in [3.63, 3.8) is 0 Å². The van der Waals surface area contributed by atoms with E-state index < -0.39 is 18.1 Å². The Hall–Kier alpha value is -2.57. The smallest absolute Gasteiger partial charge is 0.405 e. The Morgan fingerprint density at radius 3 is 2.52 bits per heavy atom. The van der Waals surface area contributed by atoms with Crippen LogP contribution in [0.1, 0.15) is 11.1 Å². The molecule has 0 saturated heterocycles. The molecule has 2 aromatic carbocycles. The van der Waals surface area contributed by atoms with Crippen molar-refractivity contribution in [1.82, 2.24) is 5.32 Å². The lowest BCUT2D eigenvalue weighted by Crippen LogP contribution is -2.25. The van der Waals surface area contributed by atoms with E-state index in [1.807, 2.05) is 0 Å². The summed E-state index contributed by atoms with van der Waals surface area (Å²) < 4.78 is 53.8. The second-order valence-electron chi connectivity index (χ2n) is 4.74. The lowest BCUT2D eigenvalue weighted by Gasteiger charge is -2.13. The van der Waals surface area contributed by atoms with Crippen LogP contribution in [-0.2, 0) is 17.8 Å². The van der Waals surface area contributed by atoms with Crippen molar-refractivity contribution in [2.75, 3.05) is 0 Å². The van der Waals surface area contributed by atoms with Crippen LogP contribution >= 0.6 is 0 Å². The zero-order valence-electron chi connectivity index (χ0n) is 11.9. The summed E-state index contributed by atoms with van der Waals surface area (Å²) in [5, 5.41) is 2.48. The molecule has 23 heavy (non-hydrogen) atoms. The summed E-state index contributed by atoms with van der Waals surface area (Å²) in [7, 11) is 0. The van der Waals surface area contributed by atoms with Crippen LogP contribution in [-0.4, -0.2) is 12.3 Å². The van der Waals surface area contributed by atoms with Gasteiger partial charge in [-0.05, 0) is 23.8 Å². The fourth-order valence-electron chi connectivity index (χ4n) is 1.96. The standard InChI is InChI=1S/C16H13F4NO2/c17-13-6-3-4-11(8-13)9-15(22)21-10-12-5-1-2-7-14(12)23-16(18,19)20/h1-8H,9-10H2,(H,21,22). The molecule has 122 valence electrons. The Kier molecular flexibility index (Phi) is 5.20. The Balaban J connectivity index is 1.97. The average Bonchev–Trinajstić information content (AvgIpc) is 2.45. The van der Waals surface area contributed by atoms with E-state index in [0.29, 0.717) is 5.56 Å². The van der Waals surface area contributed by atoms with Crippen molar-refractivity contribution in [3.8, 4) is 5.75 Å². The molecule has 0 aliphatic rings. The van der Waals surface area contributed by atoms with Crippen molar-refractivity contribution in [2.24, 2.45) is 0 Å². The van der Waals surface area contributed by atoms with Gasteiger partial charge in [0.15, 0.2) is 0 Å². The van der Waals surface area contributed by atoms with Crippen LogP contribution in [0.5, 0.6) is 5.75 Å². The quantitative estimate of drug-likeness (QED) is 0.853. The number of halogens is 4. The first-order valence-electron chi connectivity index (χ1n) is 6.68. The van der Waals surface area contributed by atoms with E-state index in [4.69, 9.17) is 0 Å². The number of hydrogen-bond acceptors (Lipinski definition) is 2. The summed E-state index contributed by atoms with van der Waals surface area (Å²) in [6, 6.07) is 11.1. The lowest BCUT2D eigenvalue weighted by molar-refractivity contribution is -0.274. The molecule has 0 aliphatic heterocycles. The molecule has 2 aromatic rings. The van der Waals surface area contributed by atoms with Gasteiger partial charge in [-0.3, -0.25) is 4.79 Å². The SMILES string of the molecule is O=C(Cc1cccc(F)c1)NCc1ccccc1OC(F)(F)F. The highest BCUT2D eigenvalue weighted by molar-refractivity contribution is 5.78. The van der Waals surface area contributed by atoms with E-state index in [1.165, 1.54) is 42.5 Å². The van der Waals surface area contributed by atoms with Gasteiger partial charge in [0.25, 0.3) is 0 Å². The van der Waals surface area contributed by atoms with Gasteiger partial charge in [-0.25, -0.2) is 4.39 Å². The summed E-state index contributed by atoms with van der Waals surface area (Å²) in [6.45, 7) is -0.125. The van der Waals surface area contributed by atoms with Gasteiger partial charge in [-0.1, -0.05) is 30.3 Å². The van der Waals surface area contributed by atoms with E-state index in [-0.39, 0.29) is 24.3 Å². The van der Waals surface area contributed by atoms with Crippen LogP contribution in [0, 0.1) is 5.82 Å². The number of para-hydroxylation sites is 1. The lowest BCUT2D eigenvalue weighted by atomic mass is 10.1. The van der Waals surface area contributed by atoms with Crippen molar-refractivity contribution in [2.45, 2.75) is 19.3 Å². The second kappa shape index (κ2) is 7.13. The van der Waals surface area contributed by atoms with Crippen molar-refractivity contribution in [1.29, 1.82) is 0 Å². The van der Waals surface area contributed by atoms with Crippen molar-refractivity contribution < 1.29 is 27.1 Å². The van der Waals surface area contributed by atoms with E-state index >= 15 is 0 Å². The molecule has 0 heterocycles. The predicted octanol–water partition coefficient (Wildman–Crippen LogP) is 3.58. The molecule has 1 amide bonds. The number of benzene rings is 2. The Morgan fingerprint density at radius 1 is 1.09 bits per heavy atom. The topological polar surface area (TPSA) is 38.3 Å². The van der Waals surface area contributed by atoms with Crippen LogP contribution in [0.4, 0.5) is 17.6 Å². The summed E-state index contributed by atoms with van der Waals surface area (Å²) in [5.41, 5.74) is 0.666. The van der Waals surface area contributed by atoms with Gasteiger partial charge in [0.1, 0.15) is 11.6 Å². The minimum atomic E-state index is -4.80. The van der Waals surface area contributed by atoms with Crippen LogP contribution < -0.4 is 10.1 Å². The molecule has 7 heteroatoms. The second-order valence-corrected chi connectivity index (χ2v) is 4.74. The van der Waals surface area contributed by atoms with Gasteiger partial charge in [0.2, 0.25) is 5.91 Å². The fraction of sp³-hybridized carbons (Fsp3) is 0.188. The van der Waals surface area contributed by atoms with Gasteiger partial charge in [-0.2, -0.15) is 0 Å². The number of amides is 1. The molecule has 0 fully saturated rings. The Bertz CT molecular complexity index is 686. The van der Waals surface area contributed by atoms with Crippen LogP contribution in [0.25, 0.3) is 0 Å². The number of nitrogens with one attached hydrogen (secondary N) is 1. The van der Waals surface area contributed by atoms with Crippen LogP contribution in [0.3, 0.4) is 0 Å². The average molecular weight is 327 g/mol. The van der Waals surface area contributed by atoms with Gasteiger partial charge < -0.3 is 10.1 Å². The van der Waals surface area contributed by atoms with Crippen molar-refractivity contribution in [3.05, 3.63) is 65.5 Å². The van der Waals surface area contributed by atoms with Gasteiger partial charge in [0.05, 0.1) is 6.42 Å². The molecule has 0 saturated carbocycles. The Morgan fingerprint density at radius 2 is 1.83 bits per heavy atom. The Labute approximate surface area is 129 Å². The number of rotatable bonds is 5. The number of alkyl halides is 3. The fourth-order valence-corrected chi connectivity index (χ4v) is 1.96. The van der Waals surface area contributed by atoms with Gasteiger partial charge in [0, 0.05) is 12.1 Å². The first kappa shape index (κ1) is 16.8. The third-order valence-corrected chi connectivity index (χ3v) is 2.93. The monoisotopic (exact) mass is 327 g/mol. The molecular weight excluding hydrogens is 314 g/mol. The van der Waals surface area contributed by atoms with E-state index in [9.17, 15) is 22.4 Å². The molecule has 0 unspecified atom stereocenters. The highest BCUT2D eigenvalue weighted by atomic mass is 19.4.